The molecule has 1 amide bonds. The topological polar surface area (TPSA) is 89.0 Å². The summed E-state index contributed by atoms with van der Waals surface area (Å²) in [6, 6.07) is 9.06. The van der Waals surface area contributed by atoms with Crippen molar-refractivity contribution in [2.75, 3.05) is 19.1 Å². The number of carbonyl (C=O) groups excluding carboxylic acids is 2. The zero-order valence-electron chi connectivity index (χ0n) is 18.4. The number of hydrogen-bond donors (Lipinski definition) is 1. The van der Waals surface area contributed by atoms with Gasteiger partial charge in [-0.05, 0) is 55.8 Å². The summed E-state index contributed by atoms with van der Waals surface area (Å²) in [5.41, 5.74) is 1.35. The van der Waals surface area contributed by atoms with Gasteiger partial charge in [0.15, 0.2) is 16.6 Å². The molecule has 3 aromatic rings. The van der Waals surface area contributed by atoms with Gasteiger partial charge >= 0.3 is 5.91 Å². The molecule has 9 heteroatoms. The molecule has 33 heavy (non-hydrogen) atoms. The van der Waals surface area contributed by atoms with Crippen molar-refractivity contribution >= 4 is 33.9 Å². The van der Waals surface area contributed by atoms with Crippen LogP contribution < -0.4 is 14.4 Å². The SMILES string of the molecule is COc1ccc([C@@H]2/C(=C(\O)c3ccc(F)cc3)C(=O)C(=O)N2c2nc(C)c(C)s2)cc1OC. The number of ether oxygens (including phenoxy) is 2. The van der Waals surface area contributed by atoms with E-state index in [9.17, 15) is 19.1 Å². The number of aromatic nitrogens is 1. The Kier molecular flexibility index (Phi) is 5.90. The monoisotopic (exact) mass is 468 g/mol. The molecule has 2 heterocycles. The summed E-state index contributed by atoms with van der Waals surface area (Å²) in [6.07, 6.45) is 0. The first-order valence-electron chi connectivity index (χ1n) is 9.99. The number of benzene rings is 2. The standard InChI is InChI=1S/C24H21FN2O5S/c1-12-13(2)33-24(26-12)27-20(15-7-10-17(31-3)18(11-15)32-4)19(22(29)23(27)30)21(28)14-5-8-16(25)9-6-14/h5-11,20,28H,1-4H3/b21-19+/t20-/m1/s1. The van der Waals surface area contributed by atoms with Crippen LogP contribution >= 0.6 is 11.3 Å². The Labute approximate surface area is 193 Å². The van der Waals surface area contributed by atoms with Crippen molar-refractivity contribution in [3.05, 3.63) is 75.6 Å². The van der Waals surface area contributed by atoms with Gasteiger partial charge in [0, 0.05) is 10.4 Å². The van der Waals surface area contributed by atoms with Gasteiger partial charge in [-0.3, -0.25) is 14.5 Å². The molecule has 1 fully saturated rings. The molecule has 2 aromatic carbocycles. The van der Waals surface area contributed by atoms with Crippen molar-refractivity contribution in [3.63, 3.8) is 0 Å². The molecule has 7 nitrogen and oxygen atoms in total. The highest BCUT2D eigenvalue weighted by atomic mass is 32.1. The summed E-state index contributed by atoms with van der Waals surface area (Å²) in [6.45, 7) is 3.69. The van der Waals surface area contributed by atoms with E-state index in [1.54, 1.807) is 18.2 Å². The van der Waals surface area contributed by atoms with E-state index in [1.165, 1.54) is 54.7 Å². The molecule has 0 saturated carbocycles. The van der Waals surface area contributed by atoms with Gasteiger partial charge < -0.3 is 14.6 Å². The van der Waals surface area contributed by atoms with E-state index in [1.807, 2.05) is 13.8 Å². The Morgan fingerprint density at radius 2 is 1.73 bits per heavy atom. The van der Waals surface area contributed by atoms with Crippen LogP contribution in [0.2, 0.25) is 0 Å². The first kappa shape index (κ1) is 22.5. The van der Waals surface area contributed by atoms with Crippen LogP contribution in [0.5, 0.6) is 11.5 Å². The van der Waals surface area contributed by atoms with E-state index in [4.69, 9.17) is 9.47 Å². The lowest BCUT2D eigenvalue weighted by atomic mass is 9.95. The first-order chi connectivity index (χ1) is 15.8. The van der Waals surface area contributed by atoms with Crippen LogP contribution in [0.3, 0.4) is 0 Å². The van der Waals surface area contributed by atoms with Crippen molar-refractivity contribution in [1.29, 1.82) is 0 Å². The van der Waals surface area contributed by atoms with Crippen LogP contribution in [-0.4, -0.2) is 36.0 Å². The lowest BCUT2D eigenvalue weighted by molar-refractivity contribution is -0.132. The third kappa shape index (κ3) is 3.84. The van der Waals surface area contributed by atoms with E-state index >= 15 is 0 Å². The van der Waals surface area contributed by atoms with Crippen LogP contribution in [0.1, 0.15) is 27.7 Å². The smallest absolute Gasteiger partial charge is 0.301 e. The fourth-order valence-corrected chi connectivity index (χ4v) is 4.63. The highest BCUT2D eigenvalue weighted by Gasteiger charge is 2.48. The maximum atomic E-state index is 13.4. The molecule has 0 bridgehead atoms. The zero-order chi connectivity index (χ0) is 23.9. The quantitative estimate of drug-likeness (QED) is 0.336. The number of methoxy groups -OCH3 is 2. The molecule has 0 spiro atoms. The van der Waals surface area contributed by atoms with Crippen LogP contribution in [0.15, 0.2) is 48.0 Å². The fourth-order valence-electron chi connectivity index (χ4n) is 3.69. The minimum absolute atomic E-state index is 0.121. The summed E-state index contributed by atoms with van der Waals surface area (Å²) in [5.74, 6) is -1.70. The molecule has 1 saturated heterocycles. The summed E-state index contributed by atoms with van der Waals surface area (Å²) >= 11 is 1.28. The Morgan fingerprint density at radius 1 is 1.06 bits per heavy atom. The second-order valence-corrected chi connectivity index (χ2v) is 8.61. The average Bonchev–Trinajstić information content (AvgIpc) is 3.28. The van der Waals surface area contributed by atoms with Crippen LogP contribution in [-0.2, 0) is 9.59 Å². The van der Waals surface area contributed by atoms with Crippen LogP contribution in [0.25, 0.3) is 5.76 Å². The third-order valence-electron chi connectivity index (χ3n) is 5.51. The predicted molar refractivity (Wildman–Crippen MR) is 122 cm³/mol. The number of halogens is 1. The number of carbonyl (C=O) groups is 2. The molecule has 1 aromatic heterocycles. The summed E-state index contributed by atoms with van der Waals surface area (Å²) in [5, 5.41) is 11.4. The Bertz CT molecular complexity index is 1260. The lowest BCUT2D eigenvalue weighted by Gasteiger charge is -2.23. The lowest BCUT2D eigenvalue weighted by Crippen LogP contribution is -2.29. The summed E-state index contributed by atoms with van der Waals surface area (Å²) in [7, 11) is 2.98. The van der Waals surface area contributed by atoms with Gasteiger partial charge in [-0.2, -0.15) is 0 Å². The molecule has 4 rings (SSSR count). The van der Waals surface area contributed by atoms with Gasteiger partial charge in [-0.1, -0.05) is 6.07 Å². The summed E-state index contributed by atoms with van der Waals surface area (Å²) in [4.78, 5) is 33.0. The summed E-state index contributed by atoms with van der Waals surface area (Å²) < 4.78 is 24.1. The number of aliphatic hydroxyl groups is 1. The van der Waals surface area contributed by atoms with Crippen molar-refractivity contribution in [2.45, 2.75) is 19.9 Å². The van der Waals surface area contributed by atoms with Crippen molar-refractivity contribution in [1.82, 2.24) is 4.98 Å². The predicted octanol–water partition coefficient (Wildman–Crippen LogP) is 4.54. The van der Waals surface area contributed by atoms with E-state index in [-0.39, 0.29) is 11.1 Å². The highest BCUT2D eigenvalue weighted by Crippen LogP contribution is 2.45. The number of amides is 1. The maximum Gasteiger partial charge on any atom is 0.301 e. The number of nitrogens with zero attached hydrogens (tertiary/aromatic N) is 2. The molecule has 0 unspecified atom stereocenters. The second-order valence-electron chi connectivity index (χ2n) is 7.43. The Morgan fingerprint density at radius 3 is 2.30 bits per heavy atom. The minimum Gasteiger partial charge on any atom is -0.507 e. The Balaban J connectivity index is 1.97. The van der Waals surface area contributed by atoms with Gasteiger partial charge in [0.2, 0.25) is 0 Å². The molecule has 1 aliphatic heterocycles. The number of anilines is 1. The number of ketones is 1. The van der Waals surface area contributed by atoms with Crippen molar-refractivity contribution in [3.8, 4) is 11.5 Å². The number of thiazole rings is 1. The minimum atomic E-state index is -0.972. The van der Waals surface area contributed by atoms with Gasteiger partial charge in [-0.15, -0.1) is 11.3 Å². The van der Waals surface area contributed by atoms with Gasteiger partial charge in [0.05, 0.1) is 31.5 Å². The Hall–Kier alpha value is -3.72. The number of rotatable bonds is 5. The van der Waals surface area contributed by atoms with E-state index in [0.717, 1.165) is 10.6 Å². The van der Waals surface area contributed by atoms with Crippen molar-refractivity contribution in [2.24, 2.45) is 0 Å². The first-order valence-corrected chi connectivity index (χ1v) is 10.8. The number of aryl methyl sites for hydroxylation is 2. The third-order valence-corrected chi connectivity index (χ3v) is 6.58. The fraction of sp³-hybridized carbons (Fsp3) is 0.208. The van der Waals surface area contributed by atoms with Gasteiger partial charge in [0.1, 0.15) is 11.6 Å². The van der Waals surface area contributed by atoms with Crippen LogP contribution in [0, 0.1) is 19.7 Å². The molecule has 0 radical (unpaired) electrons. The van der Waals surface area contributed by atoms with E-state index in [0.29, 0.717) is 22.2 Å². The van der Waals surface area contributed by atoms with E-state index < -0.39 is 29.3 Å². The molecular formula is C24H21FN2O5S. The van der Waals surface area contributed by atoms with Gasteiger partial charge in [0.25, 0.3) is 5.78 Å². The molecular weight excluding hydrogens is 447 g/mol. The average molecular weight is 469 g/mol. The van der Waals surface area contributed by atoms with Crippen LogP contribution in [0.4, 0.5) is 9.52 Å². The highest BCUT2D eigenvalue weighted by molar-refractivity contribution is 7.16. The number of Topliss-reactive ketones (excluding diaryl/α,β-unsaturated/α-hetero) is 1. The van der Waals surface area contributed by atoms with Crippen molar-refractivity contribution < 1.29 is 28.6 Å². The number of hydrogen-bond acceptors (Lipinski definition) is 7. The second kappa shape index (κ2) is 8.67. The van der Waals surface area contributed by atoms with E-state index in [2.05, 4.69) is 4.98 Å². The molecule has 1 atom stereocenters. The zero-order valence-corrected chi connectivity index (χ0v) is 19.2. The number of aliphatic hydroxyl groups excluding tert-OH is 1. The van der Waals surface area contributed by atoms with Gasteiger partial charge in [-0.25, -0.2) is 9.37 Å². The molecule has 170 valence electrons. The maximum absolute atomic E-state index is 13.4. The molecule has 1 N–H and O–H groups in total. The largest absolute Gasteiger partial charge is 0.507 e. The molecule has 1 aliphatic rings. The molecule has 0 aliphatic carbocycles. The normalized spacial score (nSPS) is 17.5.